The predicted molar refractivity (Wildman–Crippen MR) is 163 cm³/mol. The van der Waals surface area contributed by atoms with E-state index in [0.717, 1.165) is 0 Å². The van der Waals surface area contributed by atoms with Gasteiger partial charge in [-0.3, -0.25) is 9.59 Å². The number of likely N-dealkylation sites (N-methyl/N-ethyl adjacent to an activating group) is 2. The molecule has 2 amide bonds. The highest BCUT2D eigenvalue weighted by molar-refractivity contribution is 6.00. The number of nitrogens with zero attached hydrogens (tertiary/aromatic N) is 3. The molecule has 3 aromatic carbocycles. The second kappa shape index (κ2) is 12.9. The molecule has 9 heteroatoms. The first-order valence-electron chi connectivity index (χ1n) is 14.3. The van der Waals surface area contributed by atoms with Crippen LogP contribution in [0, 0.1) is 0 Å². The number of esters is 2. The molecule has 1 aliphatic rings. The summed E-state index contributed by atoms with van der Waals surface area (Å²) in [6.07, 6.45) is -1.73. The minimum atomic E-state index is -0.867. The van der Waals surface area contributed by atoms with E-state index in [1.54, 1.807) is 76.5 Å². The number of aromatic nitrogens is 1. The Morgan fingerprint density at radius 3 is 1.34 bits per heavy atom. The number of carbonyl (C=O) groups excluding carboxylic acids is 4. The maximum atomic E-state index is 13.7. The Balaban J connectivity index is 1.62. The molecule has 224 valence electrons. The highest BCUT2D eigenvalue weighted by atomic mass is 16.6. The Morgan fingerprint density at radius 1 is 0.545 bits per heavy atom. The lowest BCUT2D eigenvalue weighted by Crippen LogP contribution is -2.41. The molecule has 4 atom stereocenters. The molecule has 4 aromatic rings. The van der Waals surface area contributed by atoms with Gasteiger partial charge in [0.15, 0.2) is 0 Å². The molecule has 0 saturated heterocycles. The van der Waals surface area contributed by atoms with Gasteiger partial charge < -0.3 is 19.3 Å². The molecule has 1 unspecified atom stereocenters. The number of benzene rings is 3. The molecule has 0 N–H and O–H groups in total. The van der Waals surface area contributed by atoms with Crippen molar-refractivity contribution in [3.63, 3.8) is 0 Å². The Kier molecular flexibility index (Phi) is 8.85. The summed E-state index contributed by atoms with van der Waals surface area (Å²) in [7, 11) is 3.24. The highest BCUT2D eigenvalue weighted by Crippen LogP contribution is 2.29. The van der Waals surface area contributed by atoms with E-state index in [1.807, 2.05) is 36.4 Å². The van der Waals surface area contributed by atoms with Gasteiger partial charge in [-0.2, -0.15) is 0 Å². The minimum Gasteiger partial charge on any atom is -0.451 e. The van der Waals surface area contributed by atoms with Gasteiger partial charge in [-0.05, 0) is 55.3 Å². The van der Waals surface area contributed by atoms with Gasteiger partial charge in [0.05, 0.1) is 12.1 Å². The van der Waals surface area contributed by atoms with Gasteiger partial charge in [-0.15, -0.1) is 0 Å². The Labute approximate surface area is 256 Å². The third-order valence-electron chi connectivity index (χ3n) is 7.99. The maximum Gasteiger partial charge on any atom is 0.357 e. The second-order valence-electron chi connectivity index (χ2n) is 10.8. The summed E-state index contributed by atoms with van der Waals surface area (Å²) >= 11 is 0. The zero-order valence-corrected chi connectivity index (χ0v) is 24.9. The van der Waals surface area contributed by atoms with E-state index in [2.05, 4.69) is 4.98 Å². The molecule has 1 aromatic heterocycles. The number of hydrogen-bond acceptors (Lipinski definition) is 7. The van der Waals surface area contributed by atoms with E-state index < -0.39 is 36.2 Å². The van der Waals surface area contributed by atoms with Crippen LogP contribution in [0.5, 0.6) is 0 Å². The van der Waals surface area contributed by atoms with Gasteiger partial charge in [0.25, 0.3) is 11.8 Å². The molecule has 0 aliphatic carbocycles. The summed E-state index contributed by atoms with van der Waals surface area (Å²) in [5.41, 5.74) is 1.75. The summed E-state index contributed by atoms with van der Waals surface area (Å²) in [5, 5.41) is 0. The van der Waals surface area contributed by atoms with Gasteiger partial charge in [0.2, 0.25) is 0 Å². The molecular weight excluding hydrogens is 558 g/mol. The smallest absolute Gasteiger partial charge is 0.357 e. The quantitative estimate of drug-likeness (QED) is 0.283. The maximum absolute atomic E-state index is 13.7. The fourth-order valence-electron chi connectivity index (χ4n) is 5.16. The van der Waals surface area contributed by atoms with Crippen molar-refractivity contribution in [3.8, 4) is 0 Å². The molecule has 2 heterocycles. The lowest BCUT2D eigenvalue weighted by molar-refractivity contribution is 0.00375. The van der Waals surface area contributed by atoms with Crippen molar-refractivity contribution >= 4 is 23.8 Å². The van der Waals surface area contributed by atoms with Crippen LogP contribution in [0.1, 0.15) is 78.9 Å². The number of pyridine rings is 1. The third kappa shape index (κ3) is 6.22. The molecule has 5 rings (SSSR count). The van der Waals surface area contributed by atoms with Gasteiger partial charge in [-0.25, -0.2) is 14.6 Å². The minimum absolute atomic E-state index is 0.0908. The van der Waals surface area contributed by atoms with Gasteiger partial charge >= 0.3 is 11.9 Å². The average molecular weight is 592 g/mol. The number of hydrogen-bond donors (Lipinski definition) is 0. The number of fused-ring (bicyclic) bond motifs is 4. The van der Waals surface area contributed by atoms with Crippen molar-refractivity contribution in [1.82, 2.24) is 14.8 Å². The van der Waals surface area contributed by atoms with Crippen LogP contribution in [0.15, 0.2) is 103 Å². The lowest BCUT2D eigenvalue weighted by atomic mass is 10.00. The van der Waals surface area contributed by atoms with Crippen LogP contribution in [-0.4, -0.2) is 64.7 Å². The van der Waals surface area contributed by atoms with Crippen molar-refractivity contribution in [1.29, 1.82) is 0 Å². The van der Waals surface area contributed by atoms with Crippen molar-refractivity contribution < 1.29 is 28.7 Å². The van der Waals surface area contributed by atoms with E-state index in [-0.39, 0.29) is 23.2 Å². The first-order chi connectivity index (χ1) is 21.2. The Morgan fingerprint density at radius 2 is 0.932 bits per heavy atom. The highest BCUT2D eigenvalue weighted by Gasteiger charge is 2.33. The molecule has 9 nitrogen and oxygen atoms in total. The van der Waals surface area contributed by atoms with E-state index in [0.29, 0.717) is 22.3 Å². The number of carbonyl (C=O) groups is 4. The predicted octanol–water partition coefficient (Wildman–Crippen LogP) is 5.51. The first kappa shape index (κ1) is 30.2. The van der Waals surface area contributed by atoms with Crippen LogP contribution in [0.2, 0.25) is 0 Å². The average Bonchev–Trinajstić information content (AvgIpc) is 3.07. The van der Waals surface area contributed by atoms with Crippen molar-refractivity contribution in [3.05, 3.63) is 137 Å². The molecule has 1 aliphatic heterocycles. The summed E-state index contributed by atoms with van der Waals surface area (Å²) in [6.45, 7) is 3.55. The summed E-state index contributed by atoms with van der Waals surface area (Å²) in [5.74, 6) is -2.22. The molecule has 44 heavy (non-hydrogen) atoms. The van der Waals surface area contributed by atoms with Crippen LogP contribution in [0.3, 0.4) is 0 Å². The van der Waals surface area contributed by atoms with Crippen LogP contribution >= 0.6 is 0 Å². The van der Waals surface area contributed by atoms with Gasteiger partial charge in [0.1, 0.15) is 23.6 Å². The van der Waals surface area contributed by atoms with E-state index in [9.17, 15) is 19.2 Å². The van der Waals surface area contributed by atoms with Crippen molar-refractivity contribution in [2.75, 3.05) is 14.1 Å². The SMILES string of the molecule is C[C@H]1C(c2ccccc2)OC(=O)c2cccc(n2)C(=O)O[C@H](c2ccccc2)[C@H](C)N(C)C(=O)c2cccc(c2)C(=O)N1C. The standard InChI is InChI=1S/C35H33N3O6/c1-22-30(24-13-7-5-8-14-24)43-34(41)28-19-12-20-29(36-28)35(42)44-31(25-15-9-6-10-16-25)23(2)38(4)33(40)27-18-11-17-26(21-27)32(39)37(22)3/h5-23,30-31H,1-4H3/t22-,23-,30-,31?/m0/s1. The molecule has 0 saturated carbocycles. The molecule has 0 spiro atoms. The summed E-state index contributed by atoms with van der Waals surface area (Å²) < 4.78 is 11.9. The van der Waals surface area contributed by atoms with Crippen LogP contribution < -0.4 is 0 Å². The zero-order valence-electron chi connectivity index (χ0n) is 24.9. The van der Waals surface area contributed by atoms with Gasteiger partial charge in [0, 0.05) is 25.2 Å². The summed E-state index contributed by atoms with van der Waals surface area (Å²) in [4.78, 5) is 61.6. The number of ether oxygens (including phenoxy) is 2. The van der Waals surface area contributed by atoms with E-state index >= 15 is 0 Å². The number of cyclic esters (lactones) is 2. The first-order valence-corrected chi connectivity index (χ1v) is 14.3. The van der Waals surface area contributed by atoms with Crippen LogP contribution in [0.25, 0.3) is 0 Å². The van der Waals surface area contributed by atoms with E-state index in [1.165, 1.54) is 28.0 Å². The monoisotopic (exact) mass is 591 g/mol. The molecular formula is C35H33N3O6. The Hall–Kier alpha value is -5.31. The molecule has 0 fully saturated rings. The normalized spacial score (nSPS) is 21.6. The van der Waals surface area contributed by atoms with E-state index in [4.69, 9.17) is 9.47 Å². The Bertz CT molecular complexity index is 1560. The fraction of sp³-hybridized carbons (Fsp3) is 0.229. The second-order valence-corrected chi connectivity index (χ2v) is 10.8. The van der Waals surface area contributed by atoms with Crippen molar-refractivity contribution in [2.45, 2.75) is 38.1 Å². The van der Waals surface area contributed by atoms with Crippen molar-refractivity contribution in [2.24, 2.45) is 0 Å². The molecule has 4 bridgehead atoms. The molecule has 0 radical (unpaired) electrons. The number of amides is 2. The summed E-state index contributed by atoms with van der Waals surface area (Å²) in [6, 6.07) is 27.8. The zero-order chi connectivity index (χ0) is 31.4. The lowest BCUT2D eigenvalue weighted by Gasteiger charge is -2.33. The fourth-order valence-corrected chi connectivity index (χ4v) is 5.16. The topological polar surface area (TPSA) is 106 Å². The van der Waals surface area contributed by atoms with Gasteiger partial charge in [-0.1, -0.05) is 72.8 Å². The largest absolute Gasteiger partial charge is 0.451 e. The third-order valence-corrected chi connectivity index (χ3v) is 7.99. The number of rotatable bonds is 2. The van der Waals surface area contributed by atoms with Crippen LogP contribution in [0.4, 0.5) is 0 Å². The van der Waals surface area contributed by atoms with Crippen LogP contribution in [-0.2, 0) is 9.47 Å².